The molecule has 1 aliphatic heterocycles. The Morgan fingerprint density at radius 3 is 2.69 bits per heavy atom. The van der Waals surface area contributed by atoms with Crippen molar-refractivity contribution < 1.29 is 18.3 Å². The number of fused-ring (bicyclic) bond motifs is 3. The fraction of sp³-hybridized carbons (Fsp3) is 0.263. The zero-order valence-corrected chi connectivity index (χ0v) is 14.0. The van der Waals surface area contributed by atoms with Crippen molar-refractivity contribution in [1.29, 1.82) is 0 Å². The molecule has 4 rings (SSSR count). The average Bonchev–Trinajstić information content (AvgIpc) is 3.29. The minimum absolute atomic E-state index is 0.135. The van der Waals surface area contributed by atoms with Crippen LogP contribution >= 0.6 is 0 Å². The number of benzene rings is 1. The summed E-state index contributed by atoms with van der Waals surface area (Å²) in [5.74, 6) is 3.13. The van der Waals surface area contributed by atoms with E-state index >= 15 is 0 Å². The van der Waals surface area contributed by atoms with Crippen molar-refractivity contribution in [1.82, 2.24) is 4.98 Å². The number of hydrogen-bond donors (Lipinski definition) is 2. The Labute approximate surface area is 149 Å². The van der Waals surface area contributed by atoms with Crippen molar-refractivity contribution in [2.45, 2.75) is 12.8 Å². The highest BCUT2D eigenvalue weighted by atomic mass is 19.1. The highest BCUT2D eigenvalue weighted by Crippen LogP contribution is 2.59. The molecule has 134 valence electrons. The highest BCUT2D eigenvalue weighted by molar-refractivity contribution is 5.86. The van der Waals surface area contributed by atoms with E-state index in [1.165, 1.54) is 12.3 Å². The number of carbonyl (C=O) groups is 1. The van der Waals surface area contributed by atoms with Crippen molar-refractivity contribution in [2.24, 2.45) is 17.6 Å². The summed E-state index contributed by atoms with van der Waals surface area (Å²) < 4.78 is 32.0. The lowest BCUT2D eigenvalue weighted by atomic mass is 10.0. The molecule has 0 bridgehead atoms. The smallest absolute Gasteiger partial charge is 0.317 e. The minimum Gasteiger partial charge on any atom is -0.490 e. The maximum atomic E-state index is 13.5. The molecule has 1 fully saturated rings. The summed E-state index contributed by atoms with van der Waals surface area (Å²) in [7, 11) is 0. The van der Waals surface area contributed by atoms with E-state index in [0.717, 1.165) is 6.07 Å². The third-order valence-corrected chi connectivity index (χ3v) is 4.59. The summed E-state index contributed by atoms with van der Waals surface area (Å²) in [6.45, 7) is 2.58. The predicted octanol–water partition coefficient (Wildman–Crippen LogP) is 3.26. The molecule has 5 nitrogen and oxygen atoms in total. The van der Waals surface area contributed by atoms with Crippen LogP contribution in [0, 0.1) is 35.8 Å². The molecule has 1 aromatic heterocycles. The number of carbonyl (C=O) groups excluding carboxylic acids is 1. The van der Waals surface area contributed by atoms with Gasteiger partial charge in [-0.1, -0.05) is 12.8 Å². The van der Waals surface area contributed by atoms with Crippen LogP contribution in [-0.4, -0.2) is 17.6 Å². The largest absolute Gasteiger partial charge is 0.490 e. The maximum absolute atomic E-state index is 13.5. The number of hydrogen-bond acceptors (Lipinski definition) is 3. The van der Waals surface area contributed by atoms with Crippen molar-refractivity contribution in [3.8, 4) is 18.1 Å². The maximum Gasteiger partial charge on any atom is 0.317 e. The fourth-order valence-electron chi connectivity index (χ4n) is 3.14. The van der Waals surface area contributed by atoms with Gasteiger partial charge in [0.15, 0.2) is 11.6 Å². The molecule has 2 amide bonds. The summed E-state index contributed by atoms with van der Waals surface area (Å²) in [6.07, 6.45) is 6.58. The quantitative estimate of drug-likeness (QED) is 0.769. The van der Waals surface area contributed by atoms with E-state index in [9.17, 15) is 13.6 Å². The second-order valence-corrected chi connectivity index (χ2v) is 6.20. The monoisotopic (exact) mass is 357 g/mol. The number of nitrogens with one attached hydrogen (secondary N) is 1. The highest BCUT2D eigenvalue weighted by Gasteiger charge is 2.53. The molecule has 2 aliphatic rings. The second kappa shape index (κ2) is 7.00. The molecule has 1 saturated carbocycles. The van der Waals surface area contributed by atoms with Gasteiger partial charge in [-0.3, -0.25) is 5.32 Å². The van der Waals surface area contributed by atoms with E-state index in [1.54, 1.807) is 12.1 Å². The number of aromatic nitrogens is 1. The molecule has 7 heteroatoms. The number of terminal acetylenes is 1. The standard InChI is InChI=1S/C11H10F2O.C8H7N3O/c1-5-6-4-14-11-8(13)3-2-7(12)10(11)9(5)6;1-2-6-3-4-7(10-5-6)11-8(9)12/h2-3,5-6,9H,4H2,1H3;1,3-5H,(H3,9,10,11,12)/t5-,6+,9-;/m1./s1. The predicted molar refractivity (Wildman–Crippen MR) is 92.6 cm³/mol. The normalized spacial score (nSPS) is 21.7. The zero-order chi connectivity index (χ0) is 18.8. The third-order valence-electron chi connectivity index (χ3n) is 4.59. The molecule has 1 aliphatic carbocycles. The van der Waals surface area contributed by atoms with Gasteiger partial charge in [0.25, 0.3) is 0 Å². The Kier molecular flexibility index (Phi) is 4.76. The number of nitrogens with zero attached hydrogens (tertiary/aromatic N) is 1. The second-order valence-electron chi connectivity index (χ2n) is 6.20. The summed E-state index contributed by atoms with van der Waals surface area (Å²) in [5.41, 5.74) is 5.97. The number of halogens is 2. The van der Waals surface area contributed by atoms with Crippen molar-refractivity contribution >= 4 is 11.8 Å². The third kappa shape index (κ3) is 3.45. The molecule has 0 saturated heterocycles. The number of anilines is 1. The molecule has 0 unspecified atom stereocenters. The first-order valence-corrected chi connectivity index (χ1v) is 8.02. The van der Waals surface area contributed by atoms with Crippen LogP contribution < -0.4 is 15.8 Å². The van der Waals surface area contributed by atoms with Gasteiger partial charge in [0, 0.05) is 23.2 Å². The van der Waals surface area contributed by atoms with Crippen molar-refractivity contribution in [3.63, 3.8) is 0 Å². The average molecular weight is 357 g/mol. The minimum atomic E-state index is -0.643. The van der Waals surface area contributed by atoms with Crippen LogP contribution in [0.4, 0.5) is 19.4 Å². The van der Waals surface area contributed by atoms with Gasteiger partial charge >= 0.3 is 6.03 Å². The van der Waals surface area contributed by atoms with Crippen LogP contribution in [0.2, 0.25) is 0 Å². The van der Waals surface area contributed by atoms with E-state index in [2.05, 4.69) is 23.1 Å². The molecule has 0 radical (unpaired) electrons. The van der Waals surface area contributed by atoms with E-state index in [-0.39, 0.29) is 17.5 Å². The molecular formula is C19H17F2N3O2. The van der Waals surface area contributed by atoms with Gasteiger partial charge in [0.2, 0.25) is 0 Å². The first-order valence-electron chi connectivity index (χ1n) is 8.02. The van der Waals surface area contributed by atoms with Crippen LogP contribution in [0.3, 0.4) is 0 Å². The van der Waals surface area contributed by atoms with Crippen LogP contribution in [0.5, 0.6) is 5.75 Å². The van der Waals surface area contributed by atoms with Gasteiger partial charge in [-0.25, -0.2) is 18.6 Å². The summed E-state index contributed by atoms with van der Waals surface area (Å²) in [5, 5.41) is 2.32. The number of urea groups is 1. The molecule has 3 atom stereocenters. The first kappa shape index (κ1) is 17.7. The van der Waals surface area contributed by atoms with Crippen molar-refractivity contribution in [3.05, 3.63) is 53.2 Å². The molecule has 3 N–H and O–H groups in total. The number of rotatable bonds is 1. The number of pyridine rings is 1. The van der Waals surface area contributed by atoms with Crippen molar-refractivity contribution in [2.75, 3.05) is 11.9 Å². The number of amides is 2. The van der Waals surface area contributed by atoms with Crippen LogP contribution in [0.1, 0.15) is 24.0 Å². The SMILES string of the molecule is C#Cc1ccc(NC(N)=O)nc1.C[C@@H]1[C@@H]2COc3c(F)ccc(F)c3[C@H]12. The number of ether oxygens (including phenoxy) is 1. The van der Waals surface area contributed by atoms with Crippen LogP contribution in [-0.2, 0) is 0 Å². The van der Waals surface area contributed by atoms with E-state index < -0.39 is 11.8 Å². The Hall–Kier alpha value is -3.14. The van der Waals surface area contributed by atoms with E-state index in [0.29, 0.717) is 35.4 Å². The summed E-state index contributed by atoms with van der Waals surface area (Å²) in [6, 6.07) is 4.92. The molecule has 2 aromatic rings. The van der Waals surface area contributed by atoms with Gasteiger partial charge in [-0.2, -0.15) is 0 Å². The van der Waals surface area contributed by atoms with E-state index in [1.807, 2.05) is 0 Å². The van der Waals surface area contributed by atoms with Gasteiger partial charge in [-0.05, 0) is 36.1 Å². The lowest BCUT2D eigenvalue weighted by molar-refractivity contribution is 0.258. The topological polar surface area (TPSA) is 77.2 Å². The van der Waals surface area contributed by atoms with E-state index in [4.69, 9.17) is 16.9 Å². The molecular weight excluding hydrogens is 340 g/mol. The van der Waals surface area contributed by atoms with Gasteiger partial charge in [0.1, 0.15) is 11.6 Å². The Bertz CT molecular complexity index is 878. The van der Waals surface area contributed by atoms with Gasteiger partial charge in [0.05, 0.1) is 6.61 Å². The molecule has 2 heterocycles. The zero-order valence-electron chi connectivity index (χ0n) is 14.0. The number of nitrogens with two attached hydrogens (primary N) is 1. The summed E-state index contributed by atoms with van der Waals surface area (Å²) in [4.78, 5) is 14.2. The van der Waals surface area contributed by atoms with Crippen LogP contribution in [0.15, 0.2) is 30.5 Å². The van der Waals surface area contributed by atoms with Gasteiger partial charge in [-0.15, -0.1) is 6.42 Å². The number of primary amides is 1. The molecule has 0 spiro atoms. The Morgan fingerprint density at radius 1 is 1.35 bits per heavy atom. The Morgan fingerprint density at radius 2 is 2.08 bits per heavy atom. The molecule has 1 aromatic carbocycles. The first-order chi connectivity index (χ1) is 12.4. The van der Waals surface area contributed by atoms with Gasteiger partial charge < -0.3 is 10.5 Å². The van der Waals surface area contributed by atoms with Crippen LogP contribution in [0.25, 0.3) is 0 Å². The lowest BCUT2D eigenvalue weighted by Gasteiger charge is -2.17. The fourth-order valence-corrected chi connectivity index (χ4v) is 3.14. The Balaban J connectivity index is 0.000000153. The molecule has 26 heavy (non-hydrogen) atoms. The summed E-state index contributed by atoms with van der Waals surface area (Å²) >= 11 is 0. The lowest BCUT2D eigenvalue weighted by Crippen LogP contribution is -2.19.